The number of hydrogen-bond donors (Lipinski definition) is 3. The lowest BCUT2D eigenvalue weighted by Gasteiger charge is -2.11. The molecule has 10 nitrogen and oxygen atoms in total. The van der Waals surface area contributed by atoms with E-state index in [-0.39, 0.29) is 39.4 Å². The molecule has 0 saturated heterocycles. The number of carbonyl (C=O) groups is 3. The number of benzene rings is 1. The minimum absolute atomic E-state index is 0.0774. The lowest BCUT2D eigenvalue weighted by molar-refractivity contribution is -0.113. The molecule has 11 heteroatoms. The number of nitrogen functional groups attached to an aromatic ring is 2. The SMILES string of the molecule is COC(=O)c1ccc(C(=O)OC)c(NC(=O)CSc2nc(N)cc(N)n2)c1. The molecule has 0 aliphatic rings. The number of nitrogens with zero attached hydrogens (tertiary/aromatic N) is 2. The number of anilines is 3. The fraction of sp³-hybridized carbons (Fsp3) is 0.188. The van der Waals surface area contributed by atoms with E-state index >= 15 is 0 Å². The highest BCUT2D eigenvalue weighted by Crippen LogP contribution is 2.21. The van der Waals surface area contributed by atoms with Crippen molar-refractivity contribution in [2.75, 3.05) is 36.8 Å². The van der Waals surface area contributed by atoms with Gasteiger partial charge in [-0.3, -0.25) is 4.79 Å². The maximum absolute atomic E-state index is 12.3. The zero-order valence-electron chi connectivity index (χ0n) is 14.5. The molecular weight excluding hydrogens is 374 g/mol. The Bertz CT molecular complexity index is 869. The normalized spacial score (nSPS) is 10.1. The molecule has 0 bridgehead atoms. The van der Waals surface area contributed by atoms with Crippen molar-refractivity contribution in [3.05, 3.63) is 35.4 Å². The maximum atomic E-state index is 12.3. The number of hydrogen-bond acceptors (Lipinski definition) is 10. The topological polar surface area (TPSA) is 160 Å². The van der Waals surface area contributed by atoms with Crippen molar-refractivity contribution in [3.63, 3.8) is 0 Å². The van der Waals surface area contributed by atoms with Crippen molar-refractivity contribution in [1.29, 1.82) is 0 Å². The number of nitrogens with one attached hydrogen (secondary N) is 1. The highest BCUT2D eigenvalue weighted by Gasteiger charge is 2.17. The predicted molar refractivity (Wildman–Crippen MR) is 99.3 cm³/mol. The lowest BCUT2D eigenvalue weighted by Crippen LogP contribution is -2.18. The Morgan fingerprint density at radius 1 is 1.04 bits per heavy atom. The van der Waals surface area contributed by atoms with Gasteiger partial charge in [0.1, 0.15) is 11.6 Å². The summed E-state index contributed by atoms with van der Waals surface area (Å²) in [5.74, 6) is -1.45. The first-order chi connectivity index (χ1) is 12.8. The minimum Gasteiger partial charge on any atom is -0.465 e. The van der Waals surface area contributed by atoms with Crippen LogP contribution in [0, 0.1) is 0 Å². The molecule has 0 spiro atoms. The Labute approximate surface area is 158 Å². The van der Waals surface area contributed by atoms with Gasteiger partial charge in [-0.25, -0.2) is 19.6 Å². The van der Waals surface area contributed by atoms with Gasteiger partial charge < -0.3 is 26.3 Å². The molecule has 1 aromatic carbocycles. The number of esters is 2. The van der Waals surface area contributed by atoms with Crippen LogP contribution in [0.15, 0.2) is 29.4 Å². The standard InChI is InChI=1S/C16H17N5O5S/c1-25-14(23)8-3-4-9(15(24)26-2)10(5-8)19-13(22)7-27-16-20-11(17)6-12(18)21-16/h3-6H,7H2,1-2H3,(H,19,22)(H4,17,18,20,21). The molecule has 0 aliphatic heterocycles. The summed E-state index contributed by atoms with van der Waals surface area (Å²) in [5, 5.41) is 2.79. The van der Waals surface area contributed by atoms with E-state index in [0.29, 0.717) is 0 Å². The average molecular weight is 391 g/mol. The molecule has 1 aromatic heterocycles. The van der Waals surface area contributed by atoms with E-state index in [1.165, 1.54) is 38.5 Å². The number of ether oxygens (including phenoxy) is 2. The molecule has 0 saturated carbocycles. The zero-order chi connectivity index (χ0) is 20.0. The monoisotopic (exact) mass is 391 g/mol. The average Bonchev–Trinajstić information content (AvgIpc) is 2.64. The van der Waals surface area contributed by atoms with Crippen LogP contribution in [0.4, 0.5) is 17.3 Å². The van der Waals surface area contributed by atoms with Gasteiger partial charge in [-0.05, 0) is 18.2 Å². The second-order valence-corrected chi connectivity index (χ2v) is 6.02. The first-order valence-corrected chi connectivity index (χ1v) is 8.46. The molecule has 5 N–H and O–H groups in total. The van der Waals surface area contributed by atoms with Crippen LogP contribution in [-0.2, 0) is 14.3 Å². The summed E-state index contributed by atoms with van der Waals surface area (Å²) < 4.78 is 9.32. The van der Waals surface area contributed by atoms with Gasteiger partial charge in [0.2, 0.25) is 5.91 Å². The molecule has 0 aliphatic carbocycles. The molecule has 1 heterocycles. The van der Waals surface area contributed by atoms with Crippen LogP contribution in [0.1, 0.15) is 20.7 Å². The van der Waals surface area contributed by atoms with E-state index in [1.54, 1.807) is 0 Å². The Morgan fingerprint density at radius 3 is 2.26 bits per heavy atom. The van der Waals surface area contributed by atoms with Gasteiger partial charge in [0.05, 0.1) is 36.8 Å². The lowest BCUT2D eigenvalue weighted by atomic mass is 10.1. The summed E-state index contributed by atoms with van der Waals surface area (Å²) in [6.07, 6.45) is 0. The minimum atomic E-state index is -0.665. The van der Waals surface area contributed by atoms with E-state index in [4.69, 9.17) is 11.5 Å². The number of carbonyl (C=O) groups excluding carboxylic acids is 3. The van der Waals surface area contributed by atoms with Crippen molar-refractivity contribution < 1.29 is 23.9 Å². The van der Waals surface area contributed by atoms with Gasteiger partial charge in [0.15, 0.2) is 5.16 Å². The van der Waals surface area contributed by atoms with Crippen LogP contribution in [0.5, 0.6) is 0 Å². The third kappa shape index (κ3) is 5.31. The van der Waals surface area contributed by atoms with Gasteiger partial charge in [0.25, 0.3) is 0 Å². The molecular formula is C16H17N5O5S. The Balaban J connectivity index is 2.16. The predicted octanol–water partition coefficient (Wildman–Crippen LogP) is 0.945. The highest BCUT2D eigenvalue weighted by atomic mass is 32.2. The van der Waals surface area contributed by atoms with Crippen LogP contribution < -0.4 is 16.8 Å². The number of methoxy groups -OCH3 is 2. The van der Waals surface area contributed by atoms with Gasteiger partial charge >= 0.3 is 11.9 Å². The largest absolute Gasteiger partial charge is 0.465 e. The summed E-state index contributed by atoms with van der Waals surface area (Å²) in [5.41, 5.74) is 11.5. The molecule has 27 heavy (non-hydrogen) atoms. The molecule has 142 valence electrons. The van der Waals surface area contributed by atoms with Crippen LogP contribution in [0.3, 0.4) is 0 Å². The number of aromatic nitrogens is 2. The molecule has 0 radical (unpaired) electrons. The fourth-order valence-corrected chi connectivity index (χ4v) is 2.70. The molecule has 2 aromatic rings. The van der Waals surface area contributed by atoms with Crippen LogP contribution in [0.25, 0.3) is 0 Å². The molecule has 2 rings (SSSR count). The van der Waals surface area contributed by atoms with Crippen LogP contribution in [0.2, 0.25) is 0 Å². The van der Waals surface area contributed by atoms with E-state index in [2.05, 4.69) is 24.8 Å². The molecule has 0 unspecified atom stereocenters. The van der Waals surface area contributed by atoms with Gasteiger partial charge in [0, 0.05) is 6.07 Å². The summed E-state index contributed by atoms with van der Waals surface area (Å²) in [6, 6.07) is 5.48. The van der Waals surface area contributed by atoms with Gasteiger partial charge in [-0.15, -0.1) is 0 Å². The smallest absolute Gasteiger partial charge is 0.339 e. The first-order valence-electron chi connectivity index (χ1n) is 7.47. The first kappa shape index (κ1) is 20.0. The Hall–Kier alpha value is -3.34. The summed E-state index contributed by atoms with van der Waals surface area (Å²) in [4.78, 5) is 43.7. The fourth-order valence-electron chi connectivity index (χ4n) is 2.02. The maximum Gasteiger partial charge on any atom is 0.339 e. The number of nitrogens with two attached hydrogens (primary N) is 2. The second kappa shape index (κ2) is 8.85. The van der Waals surface area contributed by atoms with Crippen molar-refractivity contribution in [1.82, 2.24) is 9.97 Å². The van der Waals surface area contributed by atoms with Gasteiger partial charge in [-0.1, -0.05) is 11.8 Å². The van der Waals surface area contributed by atoms with Gasteiger partial charge in [-0.2, -0.15) is 0 Å². The summed E-state index contributed by atoms with van der Waals surface area (Å²) in [6.45, 7) is 0. The van der Waals surface area contributed by atoms with Crippen LogP contribution >= 0.6 is 11.8 Å². The summed E-state index contributed by atoms with van der Waals surface area (Å²) >= 11 is 1.01. The number of amides is 1. The zero-order valence-corrected chi connectivity index (χ0v) is 15.3. The number of rotatable bonds is 6. The third-order valence-electron chi connectivity index (χ3n) is 3.20. The van der Waals surface area contributed by atoms with Crippen molar-refractivity contribution in [2.45, 2.75) is 5.16 Å². The Morgan fingerprint density at radius 2 is 1.67 bits per heavy atom. The third-order valence-corrected chi connectivity index (χ3v) is 4.04. The molecule has 1 amide bonds. The second-order valence-electron chi connectivity index (χ2n) is 5.08. The summed E-state index contributed by atoms with van der Waals surface area (Å²) in [7, 11) is 2.43. The Kier molecular flexibility index (Phi) is 6.55. The van der Waals surface area contributed by atoms with E-state index in [1.807, 2.05) is 0 Å². The van der Waals surface area contributed by atoms with E-state index < -0.39 is 17.8 Å². The highest BCUT2D eigenvalue weighted by molar-refractivity contribution is 7.99. The van der Waals surface area contributed by atoms with Crippen molar-refractivity contribution >= 4 is 46.9 Å². The van der Waals surface area contributed by atoms with E-state index in [0.717, 1.165) is 11.8 Å². The van der Waals surface area contributed by atoms with Crippen LogP contribution in [-0.4, -0.2) is 47.8 Å². The van der Waals surface area contributed by atoms with E-state index in [9.17, 15) is 14.4 Å². The molecule has 0 atom stereocenters. The van der Waals surface area contributed by atoms with Crippen molar-refractivity contribution in [3.8, 4) is 0 Å². The van der Waals surface area contributed by atoms with Crippen molar-refractivity contribution in [2.24, 2.45) is 0 Å². The number of thioether (sulfide) groups is 1. The molecule has 0 fully saturated rings. The quantitative estimate of drug-likeness (QED) is 0.367.